The molecule has 5 rings (SSSR count). The lowest BCUT2D eigenvalue weighted by atomic mass is 10.2. The van der Waals surface area contributed by atoms with Gasteiger partial charge in [0.05, 0.1) is 22.1 Å². The number of H-pyrrole nitrogens is 2. The van der Waals surface area contributed by atoms with E-state index in [9.17, 15) is 4.79 Å². The van der Waals surface area contributed by atoms with Crippen LogP contribution in [-0.4, -0.2) is 25.7 Å². The largest absolute Gasteiger partial charge is 0.470 e. The number of hydrogen-bond acceptors (Lipinski definition) is 4. The summed E-state index contributed by atoms with van der Waals surface area (Å²) in [6.07, 6.45) is 0.705. The number of rotatable bonds is 2. The maximum Gasteiger partial charge on any atom is 0.218 e. The van der Waals surface area contributed by atoms with Gasteiger partial charge < -0.3 is 14.7 Å². The minimum absolute atomic E-state index is 0.149. The molecule has 0 radical (unpaired) electrons. The molecule has 6 nitrogen and oxygen atoms in total. The van der Waals surface area contributed by atoms with Crippen molar-refractivity contribution in [1.82, 2.24) is 19.9 Å². The van der Waals surface area contributed by atoms with Crippen LogP contribution in [0, 0.1) is 0 Å². The molecule has 116 valence electrons. The van der Waals surface area contributed by atoms with Gasteiger partial charge in [-0.25, -0.2) is 9.97 Å². The van der Waals surface area contributed by atoms with E-state index in [-0.39, 0.29) is 5.78 Å². The summed E-state index contributed by atoms with van der Waals surface area (Å²) in [5.74, 6) is 1.33. The Morgan fingerprint density at radius 1 is 0.875 bits per heavy atom. The first-order valence-corrected chi connectivity index (χ1v) is 7.60. The smallest absolute Gasteiger partial charge is 0.218 e. The summed E-state index contributed by atoms with van der Waals surface area (Å²) in [6.45, 7) is 0. The van der Waals surface area contributed by atoms with Crippen molar-refractivity contribution in [3.8, 4) is 0 Å². The maximum absolute atomic E-state index is 12.3. The first-order chi connectivity index (χ1) is 11.8. The van der Waals surface area contributed by atoms with Crippen LogP contribution in [0.5, 0.6) is 0 Å². The van der Waals surface area contributed by atoms with Crippen LogP contribution in [0.1, 0.15) is 17.8 Å². The molecular weight excluding hydrogens is 304 g/mol. The van der Waals surface area contributed by atoms with E-state index in [2.05, 4.69) is 19.9 Å². The van der Waals surface area contributed by atoms with E-state index in [0.717, 1.165) is 22.1 Å². The molecule has 2 aromatic carbocycles. The number of ether oxygens (including phenoxy) is 1. The second-order valence-electron chi connectivity index (χ2n) is 5.65. The lowest BCUT2D eigenvalue weighted by molar-refractivity contribution is -0.120. The first kappa shape index (κ1) is 13.1. The zero-order valence-corrected chi connectivity index (χ0v) is 12.5. The maximum atomic E-state index is 12.3. The molecule has 1 aliphatic rings. The quantitative estimate of drug-likeness (QED) is 0.595. The first-order valence-electron chi connectivity index (χ1n) is 7.60. The van der Waals surface area contributed by atoms with Crippen LogP contribution in [0.3, 0.4) is 0 Å². The normalized spacial score (nSPS) is 17.4. The van der Waals surface area contributed by atoms with Gasteiger partial charge in [-0.1, -0.05) is 24.3 Å². The van der Waals surface area contributed by atoms with Gasteiger partial charge in [0, 0.05) is 6.08 Å². The van der Waals surface area contributed by atoms with Gasteiger partial charge in [0.1, 0.15) is 0 Å². The van der Waals surface area contributed by atoms with Gasteiger partial charge in [0.2, 0.25) is 11.9 Å². The molecule has 1 atom stereocenters. The van der Waals surface area contributed by atoms with E-state index in [4.69, 9.17) is 4.74 Å². The number of aromatic nitrogens is 4. The summed E-state index contributed by atoms with van der Waals surface area (Å²) >= 11 is 0. The van der Waals surface area contributed by atoms with E-state index in [0.29, 0.717) is 17.4 Å². The Hall–Kier alpha value is -3.41. The number of benzene rings is 2. The molecule has 0 amide bonds. The Bertz CT molecular complexity index is 1060. The number of aromatic amines is 2. The fourth-order valence-electron chi connectivity index (χ4n) is 2.90. The van der Waals surface area contributed by atoms with Gasteiger partial charge in [-0.05, 0) is 24.3 Å². The Kier molecular flexibility index (Phi) is 2.61. The topological polar surface area (TPSA) is 83.7 Å². The van der Waals surface area contributed by atoms with Crippen molar-refractivity contribution in [2.24, 2.45) is 0 Å². The molecule has 1 unspecified atom stereocenters. The third-order valence-corrected chi connectivity index (χ3v) is 4.06. The Labute approximate surface area is 136 Å². The summed E-state index contributed by atoms with van der Waals surface area (Å²) in [7, 11) is 0. The summed E-state index contributed by atoms with van der Waals surface area (Å²) < 4.78 is 5.83. The number of ketones is 1. The van der Waals surface area contributed by atoms with Crippen molar-refractivity contribution in [1.29, 1.82) is 0 Å². The van der Waals surface area contributed by atoms with Crippen LogP contribution in [0.4, 0.5) is 0 Å². The zero-order valence-electron chi connectivity index (χ0n) is 12.5. The second kappa shape index (κ2) is 4.79. The predicted molar refractivity (Wildman–Crippen MR) is 89.0 cm³/mol. The number of para-hydroxylation sites is 4. The molecule has 4 aromatic rings. The third-order valence-electron chi connectivity index (χ3n) is 4.06. The molecule has 3 heterocycles. The predicted octanol–water partition coefficient (Wildman–Crippen LogP) is 3.12. The molecule has 2 N–H and O–H groups in total. The molecule has 2 aromatic heterocycles. The summed E-state index contributed by atoms with van der Waals surface area (Å²) in [5, 5.41) is 0. The molecule has 0 bridgehead atoms. The molecule has 24 heavy (non-hydrogen) atoms. The lowest BCUT2D eigenvalue weighted by Gasteiger charge is -2.07. The van der Waals surface area contributed by atoms with Gasteiger partial charge in [0.15, 0.2) is 17.4 Å². The third kappa shape index (κ3) is 1.93. The number of nitrogens with zero attached hydrogens (tertiary/aromatic N) is 2. The fourth-order valence-corrected chi connectivity index (χ4v) is 2.90. The van der Waals surface area contributed by atoms with E-state index in [1.165, 1.54) is 6.08 Å². The van der Waals surface area contributed by atoms with E-state index in [1.54, 1.807) is 0 Å². The lowest BCUT2D eigenvalue weighted by Crippen LogP contribution is -2.08. The van der Waals surface area contributed by atoms with Crippen molar-refractivity contribution in [3.05, 3.63) is 66.3 Å². The van der Waals surface area contributed by atoms with Crippen molar-refractivity contribution in [3.63, 3.8) is 0 Å². The number of fused-ring (bicyclic) bond motifs is 2. The monoisotopic (exact) mass is 316 g/mol. The van der Waals surface area contributed by atoms with Gasteiger partial charge in [-0.15, -0.1) is 0 Å². The minimum Gasteiger partial charge on any atom is -0.470 e. The van der Waals surface area contributed by atoms with E-state index >= 15 is 0 Å². The number of imidazole rings is 2. The van der Waals surface area contributed by atoms with E-state index in [1.807, 2.05) is 48.5 Å². The van der Waals surface area contributed by atoms with Crippen LogP contribution < -0.4 is 0 Å². The zero-order chi connectivity index (χ0) is 16.1. The Balaban J connectivity index is 1.50. The van der Waals surface area contributed by atoms with E-state index < -0.39 is 6.10 Å². The van der Waals surface area contributed by atoms with Crippen LogP contribution in [-0.2, 0) is 9.53 Å². The van der Waals surface area contributed by atoms with Crippen LogP contribution in [0.25, 0.3) is 27.8 Å². The summed E-state index contributed by atoms with van der Waals surface area (Å²) in [5.41, 5.74) is 3.41. The number of carbonyl (C=O) groups excluding carboxylic acids is 1. The molecule has 1 aliphatic heterocycles. The number of carbonyl (C=O) groups is 1. The summed E-state index contributed by atoms with van der Waals surface area (Å²) in [4.78, 5) is 27.6. The van der Waals surface area contributed by atoms with Gasteiger partial charge in [-0.3, -0.25) is 4.79 Å². The highest BCUT2D eigenvalue weighted by Crippen LogP contribution is 2.32. The highest BCUT2D eigenvalue weighted by molar-refractivity contribution is 6.02. The highest BCUT2D eigenvalue weighted by atomic mass is 16.5. The van der Waals surface area contributed by atoms with Gasteiger partial charge >= 0.3 is 0 Å². The average molecular weight is 316 g/mol. The van der Waals surface area contributed by atoms with Gasteiger partial charge in [-0.2, -0.15) is 0 Å². The molecule has 0 spiro atoms. The standard InChI is InChI=1S/C18H12N4O2/c23-14-9-15(17-19-10-5-1-2-6-11(10)20-17)24-16(14)18-21-12-7-3-4-8-13(12)22-18/h1-9,16H,(H,19,20)(H,21,22). The second-order valence-corrected chi connectivity index (χ2v) is 5.65. The average Bonchev–Trinajstić information content (AvgIpc) is 3.29. The van der Waals surface area contributed by atoms with Crippen molar-refractivity contribution in [2.45, 2.75) is 6.10 Å². The fraction of sp³-hybridized carbons (Fsp3) is 0.0556. The Morgan fingerprint density at radius 2 is 1.54 bits per heavy atom. The molecular formula is C18H12N4O2. The van der Waals surface area contributed by atoms with Crippen LogP contribution in [0.15, 0.2) is 54.6 Å². The minimum atomic E-state index is -0.763. The SMILES string of the molecule is O=C1C=C(c2nc3ccccc3[nH]2)OC1c1nc2ccccc2[nH]1. The van der Waals surface area contributed by atoms with Crippen molar-refractivity contribution < 1.29 is 9.53 Å². The molecule has 0 aliphatic carbocycles. The van der Waals surface area contributed by atoms with Crippen molar-refractivity contribution >= 4 is 33.6 Å². The molecule has 0 saturated carbocycles. The molecule has 6 heteroatoms. The number of hydrogen-bond donors (Lipinski definition) is 2. The van der Waals surface area contributed by atoms with Gasteiger partial charge in [0.25, 0.3) is 0 Å². The number of nitrogens with one attached hydrogen (secondary N) is 2. The van der Waals surface area contributed by atoms with Crippen LogP contribution in [0.2, 0.25) is 0 Å². The molecule has 0 fully saturated rings. The molecule has 0 saturated heterocycles. The highest BCUT2D eigenvalue weighted by Gasteiger charge is 2.33. The Morgan fingerprint density at radius 3 is 2.25 bits per heavy atom. The summed E-state index contributed by atoms with van der Waals surface area (Å²) in [6, 6.07) is 15.3. The van der Waals surface area contributed by atoms with Crippen LogP contribution >= 0.6 is 0 Å². The van der Waals surface area contributed by atoms with Crippen molar-refractivity contribution in [2.75, 3.05) is 0 Å².